The van der Waals surface area contributed by atoms with Crippen LogP contribution in [0.3, 0.4) is 0 Å². The minimum absolute atomic E-state index is 0.0130. The Kier molecular flexibility index (Phi) is 5.69. The van der Waals surface area contributed by atoms with Gasteiger partial charge in [-0.2, -0.15) is 5.10 Å². The lowest BCUT2D eigenvalue weighted by atomic mass is 10.0. The molecule has 8 heteroatoms. The normalized spacial score (nSPS) is 11.4. The number of aromatic nitrogens is 6. The summed E-state index contributed by atoms with van der Waals surface area (Å²) < 4.78 is 0. The smallest absolute Gasteiger partial charge is 0.224 e. The van der Waals surface area contributed by atoms with Crippen molar-refractivity contribution in [3.05, 3.63) is 79.5 Å². The maximum atomic E-state index is 12.2. The molecule has 0 saturated carbocycles. The summed E-state index contributed by atoms with van der Waals surface area (Å²) in [5.41, 5.74) is 8.12. The van der Waals surface area contributed by atoms with E-state index in [9.17, 15) is 4.79 Å². The van der Waals surface area contributed by atoms with Crippen molar-refractivity contribution in [2.24, 2.45) is 5.92 Å². The van der Waals surface area contributed by atoms with E-state index in [0.717, 1.165) is 55.6 Å². The number of anilines is 1. The molecular formula is C29H25N7O. The molecule has 0 unspecified atom stereocenters. The number of aromatic amines is 2. The van der Waals surface area contributed by atoms with Gasteiger partial charge in [0.25, 0.3) is 0 Å². The predicted molar refractivity (Wildman–Crippen MR) is 146 cm³/mol. The van der Waals surface area contributed by atoms with Crippen LogP contribution in [0.2, 0.25) is 0 Å². The largest absolute Gasteiger partial charge is 0.353 e. The van der Waals surface area contributed by atoms with Gasteiger partial charge in [0.2, 0.25) is 5.91 Å². The molecule has 6 aromatic rings. The van der Waals surface area contributed by atoms with Gasteiger partial charge in [0.15, 0.2) is 0 Å². The lowest BCUT2D eigenvalue weighted by Gasteiger charge is -2.09. The third kappa shape index (κ3) is 4.45. The van der Waals surface area contributed by atoms with Crippen molar-refractivity contribution < 1.29 is 4.79 Å². The van der Waals surface area contributed by atoms with E-state index in [1.807, 2.05) is 50.2 Å². The molecule has 0 bridgehead atoms. The molecule has 1 amide bonds. The summed E-state index contributed by atoms with van der Waals surface area (Å²) >= 11 is 0. The number of nitrogens with one attached hydrogen (secondary N) is 3. The second-order valence-corrected chi connectivity index (χ2v) is 9.48. The van der Waals surface area contributed by atoms with Gasteiger partial charge in [0.1, 0.15) is 5.69 Å². The van der Waals surface area contributed by atoms with Crippen molar-refractivity contribution in [3.63, 3.8) is 0 Å². The SMILES string of the molecule is CC(C)CC(=O)Nc1cncc(-c2ccc3[nH]nc(-c4cc5c(-c6ccncc6)nccc5[nH]4)c3c2)c1. The number of pyridine rings is 3. The second kappa shape index (κ2) is 9.31. The van der Waals surface area contributed by atoms with Gasteiger partial charge >= 0.3 is 0 Å². The van der Waals surface area contributed by atoms with Crippen LogP contribution in [0.25, 0.3) is 55.6 Å². The average molecular weight is 488 g/mol. The summed E-state index contributed by atoms with van der Waals surface area (Å²) in [6.45, 7) is 4.05. The Labute approximate surface area is 213 Å². The van der Waals surface area contributed by atoms with Crippen LogP contribution in [0.4, 0.5) is 5.69 Å². The average Bonchev–Trinajstić information content (AvgIpc) is 3.52. The first-order chi connectivity index (χ1) is 18.0. The highest BCUT2D eigenvalue weighted by atomic mass is 16.1. The molecular weight excluding hydrogens is 462 g/mol. The molecule has 8 nitrogen and oxygen atoms in total. The molecule has 37 heavy (non-hydrogen) atoms. The molecule has 5 aromatic heterocycles. The number of hydrogen-bond acceptors (Lipinski definition) is 5. The highest BCUT2D eigenvalue weighted by Gasteiger charge is 2.15. The topological polar surface area (TPSA) is 112 Å². The Balaban J connectivity index is 1.38. The van der Waals surface area contributed by atoms with E-state index in [4.69, 9.17) is 0 Å². The minimum atomic E-state index is -0.0130. The van der Waals surface area contributed by atoms with Gasteiger partial charge in [0, 0.05) is 58.6 Å². The Bertz CT molecular complexity index is 1730. The van der Waals surface area contributed by atoms with E-state index in [0.29, 0.717) is 18.0 Å². The van der Waals surface area contributed by atoms with Crippen LogP contribution >= 0.6 is 0 Å². The van der Waals surface area contributed by atoms with Gasteiger partial charge in [-0.1, -0.05) is 19.9 Å². The van der Waals surface area contributed by atoms with Crippen molar-refractivity contribution in [2.75, 3.05) is 5.32 Å². The minimum Gasteiger partial charge on any atom is -0.353 e. The fraction of sp³-hybridized carbons (Fsp3) is 0.138. The van der Waals surface area contributed by atoms with Crippen molar-refractivity contribution in [2.45, 2.75) is 20.3 Å². The molecule has 6 rings (SSSR count). The first-order valence-electron chi connectivity index (χ1n) is 12.2. The number of benzene rings is 1. The number of carbonyl (C=O) groups is 1. The summed E-state index contributed by atoms with van der Waals surface area (Å²) in [7, 11) is 0. The number of fused-ring (bicyclic) bond motifs is 2. The van der Waals surface area contributed by atoms with Crippen molar-refractivity contribution in [1.29, 1.82) is 0 Å². The molecule has 3 N–H and O–H groups in total. The van der Waals surface area contributed by atoms with E-state index in [1.165, 1.54) is 0 Å². The van der Waals surface area contributed by atoms with Gasteiger partial charge in [0.05, 0.1) is 28.8 Å². The van der Waals surface area contributed by atoms with Crippen LogP contribution in [0, 0.1) is 5.92 Å². The standard InChI is InChI=1S/C29H25N7O/c1-17(2)11-27(37)33-21-12-20(15-31-16-21)19-3-4-25-22(13-19)29(36-35-25)26-14-23-24(34-26)7-10-32-28(23)18-5-8-30-9-6-18/h3-10,12-17,34H,11H2,1-2H3,(H,33,37)(H,35,36). The third-order valence-corrected chi connectivity index (χ3v) is 6.27. The fourth-order valence-electron chi connectivity index (χ4n) is 4.57. The predicted octanol–water partition coefficient (Wildman–Crippen LogP) is 6.21. The summed E-state index contributed by atoms with van der Waals surface area (Å²) in [4.78, 5) is 28.8. The van der Waals surface area contributed by atoms with Gasteiger partial charge in [-0.15, -0.1) is 0 Å². The lowest BCUT2D eigenvalue weighted by Crippen LogP contribution is -2.13. The number of amides is 1. The summed E-state index contributed by atoms with van der Waals surface area (Å²) in [6.07, 6.45) is 9.28. The number of nitrogens with zero attached hydrogens (tertiary/aromatic N) is 4. The molecule has 0 radical (unpaired) electrons. The number of carbonyl (C=O) groups excluding carboxylic acids is 1. The first kappa shape index (κ1) is 22.6. The second-order valence-electron chi connectivity index (χ2n) is 9.48. The number of H-pyrrole nitrogens is 2. The van der Waals surface area contributed by atoms with Crippen molar-refractivity contribution in [3.8, 4) is 33.8 Å². The maximum Gasteiger partial charge on any atom is 0.224 e. The number of hydrogen-bond donors (Lipinski definition) is 3. The van der Waals surface area contributed by atoms with Crippen molar-refractivity contribution >= 4 is 33.4 Å². The zero-order valence-corrected chi connectivity index (χ0v) is 20.5. The Morgan fingerprint density at radius 2 is 1.68 bits per heavy atom. The van der Waals surface area contributed by atoms with Crippen LogP contribution in [0.1, 0.15) is 20.3 Å². The fourth-order valence-corrected chi connectivity index (χ4v) is 4.57. The summed E-state index contributed by atoms with van der Waals surface area (Å²) in [5.74, 6) is 0.278. The molecule has 0 atom stereocenters. The van der Waals surface area contributed by atoms with E-state index in [2.05, 4.69) is 47.6 Å². The van der Waals surface area contributed by atoms with Gasteiger partial charge in [-0.25, -0.2) is 0 Å². The summed E-state index contributed by atoms with van der Waals surface area (Å²) in [6, 6.07) is 16.0. The van der Waals surface area contributed by atoms with Gasteiger partial charge < -0.3 is 10.3 Å². The van der Waals surface area contributed by atoms with E-state index in [-0.39, 0.29) is 5.91 Å². The zero-order chi connectivity index (χ0) is 25.4. The molecule has 5 heterocycles. The van der Waals surface area contributed by atoms with E-state index < -0.39 is 0 Å². The molecule has 0 aliphatic heterocycles. The monoisotopic (exact) mass is 487 g/mol. The highest BCUT2D eigenvalue weighted by molar-refractivity contribution is 6.01. The van der Waals surface area contributed by atoms with Gasteiger partial charge in [-0.3, -0.25) is 24.8 Å². The number of rotatable bonds is 6. The van der Waals surface area contributed by atoms with Crippen molar-refractivity contribution in [1.82, 2.24) is 30.1 Å². The van der Waals surface area contributed by atoms with Crippen LogP contribution in [0.5, 0.6) is 0 Å². The lowest BCUT2D eigenvalue weighted by molar-refractivity contribution is -0.116. The van der Waals surface area contributed by atoms with Crippen LogP contribution in [0.15, 0.2) is 79.5 Å². The van der Waals surface area contributed by atoms with Crippen LogP contribution in [-0.4, -0.2) is 36.0 Å². The van der Waals surface area contributed by atoms with E-state index in [1.54, 1.807) is 31.0 Å². The molecule has 0 fully saturated rings. The molecule has 0 spiro atoms. The zero-order valence-electron chi connectivity index (χ0n) is 20.5. The molecule has 1 aromatic carbocycles. The quantitative estimate of drug-likeness (QED) is 0.258. The van der Waals surface area contributed by atoms with Crippen LogP contribution in [-0.2, 0) is 4.79 Å². The van der Waals surface area contributed by atoms with Gasteiger partial charge in [-0.05, 0) is 53.9 Å². The maximum absolute atomic E-state index is 12.2. The Morgan fingerprint density at radius 1 is 0.838 bits per heavy atom. The van der Waals surface area contributed by atoms with E-state index >= 15 is 0 Å². The molecule has 0 aliphatic rings. The molecule has 0 saturated heterocycles. The first-order valence-corrected chi connectivity index (χ1v) is 12.2. The molecule has 0 aliphatic carbocycles. The Hall–Kier alpha value is -4.85. The third-order valence-electron chi connectivity index (χ3n) is 6.27. The van der Waals surface area contributed by atoms with Crippen LogP contribution < -0.4 is 5.32 Å². The summed E-state index contributed by atoms with van der Waals surface area (Å²) in [5, 5.41) is 12.7. The Morgan fingerprint density at radius 3 is 2.51 bits per heavy atom. The highest BCUT2D eigenvalue weighted by Crippen LogP contribution is 2.34. The molecule has 182 valence electrons.